The fourth-order valence-corrected chi connectivity index (χ4v) is 5.78. The first-order valence-corrected chi connectivity index (χ1v) is 10.6. The first-order valence-electron chi connectivity index (χ1n) is 8.12. The van der Waals surface area contributed by atoms with Crippen LogP contribution in [0, 0.1) is 5.82 Å². The number of rotatable bonds is 3. The van der Waals surface area contributed by atoms with Crippen LogP contribution in [0.15, 0.2) is 40.1 Å². The molecule has 1 aromatic carbocycles. The molecule has 3 heterocycles. The molecular weight excluding hydrogens is 425 g/mol. The third kappa shape index (κ3) is 3.21. The van der Waals surface area contributed by atoms with E-state index in [1.54, 1.807) is 25.2 Å². The van der Waals surface area contributed by atoms with Crippen LogP contribution in [0.3, 0.4) is 0 Å². The summed E-state index contributed by atoms with van der Waals surface area (Å²) in [6.07, 6.45) is 1.14. The first-order chi connectivity index (χ1) is 13.3. The maximum Gasteiger partial charge on any atom is 0.250 e. The second-order valence-corrected chi connectivity index (χ2v) is 9.37. The molecule has 0 saturated carbocycles. The van der Waals surface area contributed by atoms with Crippen LogP contribution in [-0.4, -0.2) is 37.5 Å². The second-order valence-electron chi connectivity index (χ2n) is 6.43. The lowest BCUT2D eigenvalue weighted by Gasteiger charge is -2.33. The van der Waals surface area contributed by atoms with Gasteiger partial charge in [-0.15, -0.1) is 21.5 Å². The monoisotopic (exact) mass is 439 g/mol. The van der Waals surface area contributed by atoms with Gasteiger partial charge >= 0.3 is 0 Å². The molecular formula is C17H15ClFN5O2S2. The standard InChI is InChI=1S/C17H15ClFN5O2S2/c1-17(7-28(25)24(2)16(20)22-17)14-11(18)6-13(27-14)9-3-4-12(19)10(5-9)15-23-21-8-26-15/h3-6,8H,7H2,1-2H3,(H2,20,22)/t17-,28?/m0/s1. The van der Waals surface area contributed by atoms with Crippen LogP contribution < -0.4 is 5.73 Å². The van der Waals surface area contributed by atoms with E-state index in [4.69, 9.17) is 21.8 Å². The topological polar surface area (TPSA) is 97.6 Å². The summed E-state index contributed by atoms with van der Waals surface area (Å²) in [7, 11) is 0.325. The Morgan fingerprint density at radius 3 is 2.89 bits per heavy atom. The summed E-state index contributed by atoms with van der Waals surface area (Å²) in [5.41, 5.74) is 6.05. The highest BCUT2D eigenvalue weighted by atomic mass is 35.5. The van der Waals surface area contributed by atoms with Gasteiger partial charge in [0, 0.05) is 11.9 Å². The average molecular weight is 440 g/mol. The molecule has 7 nitrogen and oxygen atoms in total. The molecule has 3 aromatic rings. The molecule has 0 fully saturated rings. The number of hydrogen-bond acceptors (Lipinski definition) is 7. The SMILES string of the molecule is CN1C(N)=N[C@](C)(c2sc(-c3ccc(F)c(-c4nnco4)c3)cc2Cl)CS1=O. The molecule has 0 radical (unpaired) electrons. The molecule has 28 heavy (non-hydrogen) atoms. The maximum atomic E-state index is 14.2. The van der Waals surface area contributed by atoms with Gasteiger partial charge in [0.2, 0.25) is 18.2 Å². The van der Waals surface area contributed by atoms with Crippen molar-refractivity contribution < 1.29 is 13.0 Å². The Hall–Kier alpha value is -2.30. The van der Waals surface area contributed by atoms with Gasteiger partial charge < -0.3 is 10.2 Å². The summed E-state index contributed by atoms with van der Waals surface area (Å²) in [4.78, 5) is 6.07. The predicted octanol–water partition coefficient (Wildman–Crippen LogP) is 3.40. The molecule has 0 bridgehead atoms. The minimum atomic E-state index is -1.31. The van der Waals surface area contributed by atoms with Crippen molar-refractivity contribution >= 4 is 39.9 Å². The number of thiophene rings is 1. The molecule has 4 rings (SSSR count). The lowest BCUT2D eigenvalue weighted by molar-refractivity contribution is 0.524. The number of aromatic nitrogens is 2. The Morgan fingerprint density at radius 1 is 1.43 bits per heavy atom. The Bertz CT molecular complexity index is 1100. The summed E-state index contributed by atoms with van der Waals surface area (Å²) in [5, 5.41) is 7.84. The molecule has 11 heteroatoms. The number of aliphatic imine (C=N–C) groups is 1. The Labute approximate surface area is 171 Å². The molecule has 2 aromatic heterocycles. The van der Waals surface area contributed by atoms with Crippen LogP contribution in [0.25, 0.3) is 21.9 Å². The van der Waals surface area contributed by atoms with E-state index in [0.29, 0.717) is 5.02 Å². The Balaban J connectivity index is 1.77. The quantitative estimate of drug-likeness (QED) is 0.674. The van der Waals surface area contributed by atoms with Gasteiger partial charge in [-0.1, -0.05) is 17.7 Å². The van der Waals surface area contributed by atoms with E-state index in [9.17, 15) is 8.60 Å². The van der Waals surface area contributed by atoms with Gasteiger partial charge in [0.1, 0.15) is 22.3 Å². The lowest BCUT2D eigenvalue weighted by atomic mass is 10.0. The molecule has 146 valence electrons. The van der Waals surface area contributed by atoms with Gasteiger partial charge in [0.25, 0.3) is 0 Å². The van der Waals surface area contributed by atoms with Crippen molar-refractivity contribution in [1.82, 2.24) is 14.5 Å². The first kappa shape index (κ1) is 19.0. The molecule has 0 saturated heterocycles. The van der Waals surface area contributed by atoms with E-state index >= 15 is 0 Å². The van der Waals surface area contributed by atoms with E-state index in [1.165, 1.54) is 21.7 Å². The van der Waals surface area contributed by atoms with Gasteiger partial charge in [-0.05, 0) is 30.7 Å². The van der Waals surface area contributed by atoms with Gasteiger partial charge in [-0.3, -0.25) is 4.31 Å². The van der Waals surface area contributed by atoms with Crippen LogP contribution >= 0.6 is 22.9 Å². The van der Waals surface area contributed by atoms with E-state index in [1.807, 2.05) is 6.92 Å². The molecule has 1 aliphatic heterocycles. The smallest absolute Gasteiger partial charge is 0.250 e. The summed E-state index contributed by atoms with van der Waals surface area (Å²) >= 11 is 7.89. The van der Waals surface area contributed by atoms with Gasteiger partial charge in [0.05, 0.1) is 21.2 Å². The second kappa shape index (κ2) is 6.94. The Kier molecular flexibility index (Phi) is 4.72. The molecule has 2 N–H and O–H groups in total. The van der Waals surface area contributed by atoms with Crippen molar-refractivity contribution in [3.05, 3.63) is 46.4 Å². The molecule has 1 aliphatic rings. The van der Waals surface area contributed by atoms with E-state index in [-0.39, 0.29) is 23.2 Å². The summed E-state index contributed by atoms with van der Waals surface area (Å²) < 4.78 is 33.1. The number of halogens is 2. The zero-order chi connectivity index (χ0) is 20.1. The minimum Gasteiger partial charge on any atom is -0.423 e. The van der Waals surface area contributed by atoms with Gasteiger partial charge in [-0.2, -0.15) is 0 Å². The van der Waals surface area contributed by atoms with Crippen molar-refractivity contribution in [1.29, 1.82) is 0 Å². The number of guanidine groups is 1. The third-order valence-corrected chi connectivity index (χ3v) is 7.87. The number of benzene rings is 1. The van der Waals surface area contributed by atoms with Crippen molar-refractivity contribution in [2.45, 2.75) is 12.5 Å². The zero-order valence-electron chi connectivity index (χ0n) is 14.8. The number of nitrogens with two attached hydrogens (primary N) is 1. The van der Waals surface area contributed by atoms with Gasteiger partial charge in [0.15, 0.2) is 0 Å². The van der Waals surface area contributed by atoms with Crippen molar-refractivity contribution in [3.63, 3.8) is 0 Å². The normalized spacial score (nSPS) is 22.4. The van der Waals surface area contributed by atoms with Crippen LogP contribution in [0.4, 0.5) is 4.39 Å². The van der Waals surface area contributed by atoms with E-state index < -0.39 is 22.3 Å². The van der Waals surface area contributed by atoms with Crippen LogP contribution in [-0.2, 0) is 16.5 Å². The Morgan fingerprint density at radius 2 is 2.21 bits per heavy atom. The van der Waals surface area contributed by atoms with Crippen molar-refractivity contribution in [2.75, 3.05) is 12.8 Å². The third-order valence-electron chi connectivity index (χ3n) is 4.41. The van der Waals surface area contributed by atoms with Crippen LogP contribution in [0.1, 0.15) is 11.8 Å². The maximum absolute atomic E-state index is 14.2. The summed E-state index contributed by atoms with van der Waals surface area (Å²) in [5.74, 6) is 0.0855. The van der Waals surface area contributed by atoms with E-state index in [0.717, 1.165) is 21.7 Å². The molecule has 0 spiro atoms. The largest absolute Gasteiger partial charge is 0.423 e. The molecule has 2 atom stereocenters. The van der Waals surface area contributed by atoms with Crippen LogP contribution in [0.2, 0.25) is 5.02 Å². The fraction of sp³-hybridized carbons (Fsp3) is 0.235. The fourth-order valence-electron chi connectivity index (χ4n) is 2.92. The zero-order valence-corrected chi connectivity index (χ0v) is 17.2. The molecule has 0 aliphatic carbocycles. The van der Waals surface area contributed by atoms with E-state index in [2.05, 4.69) is 15.2 Å². The lowest BCUT2D eigenvalue weighted by Crippen LogP contribution is -2.47. The molecule has 0 amide bonds. The summed E-state index contributed by atoms with van der Waals surface area (Å²) in [6.45, 7) is 1.85. The van der Waals surface area contributed by atoms with Gasteiger partial charge in [-0.25, -0.2) is 13.6 Å². The minimum absolute atomic E-state index is 0.0947. The number of hydrogen-bond donors (Lipinski definition) is 1. The number of nitrogens with zero attached hydrogens (tertiary/aromatic N) is 4. The molecule has 1 unspecified atom stereocenters. The predicted molar refractivity (Wildman–Crippen MR) is 108 cm³/mol. The summed E-state index contributed by atoms with van der Waals surface area (Å²) in [6, 6.07) is 6.39. The van der Waals surface area contributed by atoms with Crippen molar-refractivity contribution in [3.8, 4) is 21.9 Å². The highest BCUT2D eigenvalue weighted by Gasteiger charge is 2.38. The van der Waals surface area contributed by atoms with Crippen LogP contribution in [0.5, 0.6) is 0 Å². The highest BCUT2D eigenvalue weighted by molar-refractivity contribution is 7.83. The highest BCUT2D eigenvalue weighted by Crippen LogP contribution is 2.44. The average Bonchev–Trinajstić information content (AvgIpc) is 3.30. The van der Waals surface area contributed by atoms with Crippen molar-refractivity contribution in [2.24, 2.45) is 10.7 Å².